The van der Waals surface area contributed by atoms with Gasteiger partial charge in [0.25, 0.3) is 0 Å². The van der Waals surface area contributed by atoms with Crippen LogP contribution in [0.4, 0.5) is 18.9 Å². The van der Waals surface area contributed by atoms with E-state index in [-0.39, 0.29) is 29.4 Å². The van der Waals surface area contributed by atoms with E-state index in [0.29, 0.717) is 16.9 Å². The summed E-state index contributed by atoms with van der Waals surface area (Å²) >= 11 is 6.13. The van der Waals surface area contributed by atoms with Gasteiger partial charge in [-0.25, -0.2) is 0 Å². The summed E-state index contributed by atoms with van der Waals surface area (Å²) in [5, 5.41) is 20.6. The largest absolute Gasteiger partial charge is 0.491 e. The number of ether oxygens (including phenoxy) is 2. The number of anilines is 1. The van der Waals surface area contributed by atoms with Crippen LogP contribution in [0.3, 0.4) is 0 Å². The zero-order chi connectivity index (χ0) is 21.9. The topological polar surface area (TPSA) is 78.1 Å². The Kier molecular flexibility index (Phi) is 6.39. The van der Waals surface area contributed by atoms with Crippen molar-refractivity contribution in [2.45, 2.75) is 25.4 Å². The van der Waals surface area contributed by atoms with Crippen molar-refractivity contribution < 1.29 is 27.9 Å². The maximum atomic E-state index is 13.6. The zero-order valence-electron chi connectivity index (χ0n) is 15.7. The van der Waals surface area contributed by atoms with Crippen LogP contribution in [-0.2, 0) is 4.74 Å². The Labute approximate surface area is 175 Å². The summed E-state index contributed by atoms with van der Waals surface area (Å²) in [4.78, 5) is 1.08. The average Bonchev–Trinajstić information content (AvgIpc) is 3.14. The van der Waals surface area contributed by atoms with E-state index < -0.39 is 18.5 Å². The monoisotopic (exact) mass is 439 g/mol. The predicted molar refractivity (Wildman–Crippen MR) is 104 cm³/mol. The van der Waals surface area contributed by atoms with E-state index in [1.54, 1.807) is 31.2 Å². The summed E-state index contributed by atoms with van der Waals surface area (Å²) < 4.78 is 51.6. The highest BCUT2D eigenvalue weighted by molar-refractivity contribution is 6.32. The third-order valence-electron chi connectivity index (χ3n) is 4.60. The minimum Gasteiger partial charge on any atom is -0.491 e. The van der Waals surface area contributed by atoms with Crippen LogP contribution in [0, 0.1) is 18.3 Å². The van der Waals surface area contributed by atoms with Gasteiger partial charge in [-0.05, 0) is 54.4 Å². The van der Waals surface area contributed by atoms with Crippen molar-refractivity contribution in [3.05, 3.63) is 58.1 Å². The minimum atomic E-state index is -4.63. The van der Waals surface area contributed by atoms with E-state index in [1.165, 1.54) is 18.3 Å². The summed E-state index contributed by atoms with van der Waals surface area (Å²) in [6.45, 7) is 1.40. The van der Waals surface area contributed by atoms with Gasteiger partial charge in [0.2, 0.25) is 6.23 Å². The first kappa shape index (κ1) is 21.7. The highest BCUT2D eigenvalue weighted by atomic mass is 35.5. The number of halogens is 4. The molecule has 2 unspecified atom stereocenters. The molecule has 30 heavy (non-hydrogen) atoms. The molecule has 1 aliphatic heterocycles. The van der Waals surface area contributed by atoms with Crippen LogP contribution in [0.1, 0.15) is 16.7 Å². The molecule has 1 saturated heterocycles. The number of hydrogen-bond acceptors (Lipinski definition) is 6. The molecule has 0 saturated carbocycles. The number of nitriles is 1. The third kappa shape index (κ3) is 4.61. The molecule has 1 heterocycles. The van der Waals surface area contributed by atoms with Crippen LogP contribution < -0.4 is 9.64 Å². The Morgan fingerprint density at radius 2 is 2.03 bits per heavy atom. The molecular formula is C20H17ClF3N3O3. The molecule has 158 valence electrons. The highest BCUT2D eigenvalue weighted by Crippen LogP contribution is 2.38. The number of nitrogens with zero attached hydrogens (tertiary/aromatic N) is 3. The second-order valence-corrected chi connectivity index (χ2v) is 6.99. The average molecular weight is 440 g/mol. The van der Waals surface area contributed by atoms with Gasteiger partial charge in [-0.15, -0.1) is 0 Å². The van der Waals surface area contributed by atoms with Crippen LogP contribution in [0.5, 0.6) is 5.75 Å². The third-order valence-corrected chi connectivity index (χ3v) is 5.08. The van der Waals surface area contributed by atoms with Crippen LogP contribution >= 0.6 is 11.6 Å². The quantitative estimate of drug-likeness (QED) is 0.421. The van der Waals surface area contributed by atoms with Crippen molar-refractivity contribution in [3.8, 4) is 11.8 Å². The molecule has 0 radical (unpaired) electrons. The molecule has 0 bridgehead atoms. The Bertz CT molecular complexity index is 974. The standard InChI is InChI=1S/C20H17ClF3N3O3/c1-12-17(7-4-14(8-25)18(12)21)27-10-16(30-19(27)20(22,23)24)11-29-15-5-2-13(3-6-15)9-26-28/h2-7,9,16,19,28H,10-11H2,1H3. The van der Waals surface area contributed by atoms with Gasteiger partial charge in [-0.1, -0.05) is 16.8 Å². The van der Waals surface area contributed by atoms with Gasteiger partial charge in [0.05, 0.1) is 23.3 Å². The van der Waals surface area contributed by atoms with Gasteiger partial charge < -0.3 is 19.6 Å². The van der Waals surface area contributed by atoms with Gasteiger partial charge in [-0.3, -0.25) is 0 Å². The number of alkyl halides is 3. The Balaban J connectivity index is 1.77. The smallest absolute Gasteiger partial charge is 0.433 e. The number of oxime groups is 1. The van der Waals surface area contributed by atoms with Gasteiger partial charge in [0.15, 0.2) is 0 Å². The lowest BCUT2D eigenvalue weighted by atomic mass is 10.1. The molecule has 1 aliphatic rings. The lowest BCUT2D eigenvalue weighted by Crippen LogP contribution is -2.42. The van der Waals surface area contributed by atoms with E-state index >= 15 is 0 Å². The number of benzene rings is 2. The fourth-order valence-corrected chi connectivity index (χ4v) is 3.36. The molecule has 0 aromatic heterocycles. The summed E-state index contributed by atoms with van der Waals surface area (Å²) in [5.74, 6) is 0.438. The molecule has 1 fully saturated rings. The number of hydrogen-bond donors (Lipinski definition) is 1. The molecule has 0 aliphatic carbocycles. The second-order valence-electron chi connectivity index (χ2n) is 6.61. The van der Waals surface area contributed by atoms with Crippen LogP contribution in [0.2, 0.25) is 5.02 Å². The molecule has 2 aromatic rings. The molecule has 10 heteroatoms. The van der Waals surface area contributed by atoms with Gasteiger partial charge >= 0.3 is 6.18 Å². The lowest BCUT2D eigenvalue weighted by molar-refractivity contribution is -0.215. The Hall–Kier alpha value is -2.96. The molecule has 0 spiro atoms. The van der Waals surface area contributed by atoms with Gasteiger partial charge in [0, 0.05) is 5.69 Å². The van der Waals surface area contributed by atoms with E-state index in [1.807, 2.05) is 6.07 Å². The maximum absolute atomic E-state index is 13.6. The SMILES string of the molecule is Cc1c(N2CC(COc3ccc(C=NO)cc3)OC2C(F)(F)F)ccc(C#N)c1Cl. The molecule has 3 rings (SSSR count). The molecule has 1 N–H and O–H groups in total. The molecule has 2 aromatic carbocycles. The molecule has 2 atom stereocenters. The summed E-state index contributed by atoms with van der Waals surface area (Å²) in [7, 11) is 0. The highest BCUT2D eigenvalue weighted by Gasteiger charge is 2.51. The van der Waals surface area contributed by atoms with Crippen LogP contribution in [0.25, 0.3) is 0 Å². The van der Waals surface area contributed by atoms with Crippen molar-refractivity contribution in [1.29, 1.82) is 5.26 Å². The molecular weight excluding hydrogens is 423 g/mol. The van der Waals surface area contributed by atoms with Crippen LogP contribution in [-0.4, -0.2) is 43.1 Å². The maximum Gasteiger partial charge on any atom is 0.433 e. The zero-order valence-corrected chi connectivity index (χ0v) is 16.5. The predicted octanol–water partition coefficient (Wildman–Crippen LogP) is 4.50. The normalized spacial score (nSPS) is 19.3. The lowest BCUT2D eigenvalue weighted by Gasteiger charge is -2.28. The Morgan fingerprint density at radius 1 is 1.33 bits per heavy atom. The Morgan fingerprint density at radius 3 is 2.63 bits per heavy atom. The van der Waals surface area contributed by atoms with E-state index in [0.717, 1.165) is 4.90 Å². The number of rotatable bonds is 5. The fourth-order valence-electron chi connectivity index (χ4n) is 3.16. The fraction of sp³-hybridized carbons (Fsp3) is 0.300. The van der Waals surface area contributed by atoms with Gasteiger partial charge in [-0.2, -0.15) is 18.4 Å². The van der Waals surface area contributed by atoms with Crippen LogP contribution in [0.15, 0.2) is 41.6 Å². The van der Waals surface area contributed by atoms with E-state index in [2.05, 4.69) is 5.16 Å². The summed E-state index contributed by atoms with van der Waals surface area (Å²) in [6.07, 6.45) is -6.39. The van der Waals surface area contributed by atoms with Crippen molar-refractivity contribution >= 4 is 23.5 Å². The second kappa shape index (κ2) is 8.81. The van der Waals surface area contributed by atoms with E-state index in [9.17, 15) is 13.2 Å². The first-order chi connectivity index (χ1) is 14.2. The molecule has 6 nitrogen and oxygen atoms in total. The first-order valence-electron chi connectivity index (χ1n) is 8.83. The summed E-state index contributed by atoms with van der Waals surface area (Å²) in [5.41, 5.74) is 1.45. The van der Waals surface area contributed by atoms with Gasteiger partial charge in [0.1, 0.15) is 24.5 Å². The minimum absolute atomic E-state index is 0.0670. The summed E-state index contributed by atoms with van der Waals surface area (Å²) in [6, 6.07) is 11.2. The van der Waals surface area contributed by atoms with Crippen molar-refractivity contribution in [2.75, 3.05) is 18.1 Å². The van der Waals surface area contributed by atoms with Crippen molar-refractivity contribution in [1.82, 2.24) is 0 Å². The van der Waals surface area contributed by atoms with E-state index in [4.69, 9.17) is 31.5 Å². The molecule has 0 amide bonds. The van der Waals surface area contributed by atoms with Crippen molar-refractivity contribution in [3.63, 3.8) is 0 Å². The van der Waals surface area contributed by atoms with Crippen molar-refractivity contribution in [2.24, 2.45) is 5.16 Å². The first-order valence-corrected chi connectivity index (χ1v) is 9.20.